The average Bonchev–Trinajstić information content (AvgIpc) is 2.81. The number of carbonyl (C=O) groups excluding carboxylic acids is 1. The molecule has 0 unspecified atom stereocenters. The van der Waals surface area contributed by atoms with Gasteiger partial charge in [-0.3, -0.25) is 14.3 Å². The number of likely N-dealkylation sites (N-methyl/N-ethyl adjacent to an activating group) is 1. The van der Waals surface area contributed by atoms with E-state index in [1.165, 1.54) is 29.8 Å². The van der Waals surface area contributed by atoms with Gasteiger partial charge in [-0.2, -0.15) is 0 Å². The van der Waals surface area contributed by atoms with E-state index in [4.69, 9.17) is 9.05 Å². The summed E-state index contributed by atoms with van der Waals surface area (Å²) in [5.74, 6) is -0.680. The SMILES string of the molecule is C/C1=C\CN(C)C(=O)/C=C(\O)c2ncc(Cc3ccc(F)cc3)cc21.CCOP(C)(=O)OCC. The van der Waals surface area contributed by atoms with Gasteiger partial charge in [0.25, 0.3) is 0 Å². The van der Waals surface area contributed by atoms with E-state index < -0.39 is 7.60 Å². The lowest BCUT2D eigenvalue weighted by molar-refractivity contribution is -0.124. The number of aliphatic hydroxyl groups is 1. The van der Waals surface area contributed by atoms with Crippen LogP contribution in [0.4, 0.5) is 4.39 Å². The first kappa shape index (κ1) is 27.4. The summed E-state index contributed by atoms with van der Waals surface area (Å²) in [7, 11) is -1.01. The number of fused-ring (bicyclic) bond motifs is 1. The molecule has 1 N–H and O–H groups in total. The first-order chi connectivity index (χ1) is 16.1. The Bertz CT molecular complexity index is 1090. The molecule has 2 heterocycles. The van der Waals surface area contributed by atoms with Crippen LogP contribution < -0.4 is 0 Å². The van der Waals surface area contributed by atoms with Gasteiger partial charge in [-0.15, -0.1) is 0 Å². The summed E-state index contributed by atoms with van der Waals surface area (Å²) in [6.07, 6.45) is 5.41. The highest BCUT2D eigenvalue weighted by atomic mass is 31.2. The van der Waals surface area contributed by atoms with Crippen molar-refractivity contribution in [2.75, 3.05) is 33.5 Å². The summed E-state index contributed by atoms with van der Waals surface area (Å²) >= 11 is 0. The number of halogens is 1. The van der Waals surface area contributed by atoms with Crippen LogP contribution in [-0.2, 0) is 24.8 Å². The largest absolute Gasteiger partial charge is 0.505 e. The average molecular weight is 491 g/mol. The molecule has 0 bridgehead atoms. The monoisotopic (exact) mass is 490 g/mol. The van der Waals surface area contributed by atoms with Crippen molar-refractivity contribution in [2.45, 2.75) is 27.2 Å². The minimum absolute atomic E-state index is 0.144. The number of aliphatic hydroxyl groups excluding tert-OH is 1. The number of amides is 1. The van der Waals surface area contributed by atoms with Crippen molar-refractivity contribution in [3.8, 4) is 0 Å². The summed E-state index contributed by atoms with van der Waals surface area (Å²) in [5.41, 5.74) is 4.04. The molecule has 1 aliphatic heterocycles. The minimum Gasteiger partial charge on any atom is -0.505 e. The zero-order chi connectivity index (χ0) is 25.3. The molecule has 184 valence electrons. The number of carbonyl (C=O) groups is 1. The molecular formula is C25H32FN2O5P. The van der Waals surface area contributed by atoms with E-state index in [2.05, 4.69) is 4.98 Å². The van der Waals surface area contributed by atoms with E-state index in [9.17, 15) is 18.9 Å². The van der Waals surface area contributed by atoms with Crippen molar-refractivity contribution < 1.29 is 27.9 Å². The molecule has 0 radical (unpaired) electrons. The summed E-state index contributed by atoms with van der Waals surface area (Å²) in [4.78, 5) is 17.9. The summed E-state index contributed by atoms with van der Waals surface area (Å²) in [6.45, 7) is 8.31. The molecule has 9 heteroatoms. The topological polar surface area (TPSA) is 89.0 Å². The van der Waals surface area contributed by atoms with Crippen molar-refractivity contribution in [2.24, 2.45) is 0 Å². The molecule has 1 aliphatic rings. The van der Waals surface area contributed by atoms with Gasteiger partial charge in [-0.1, -0.05) is 18.2 Å². The van der Waals surface area contributed by atoms with Crippen LogP contribution in [0, 0.1) is 5.82 Å². The van der Waals surface area contributed by atoms with Crippen molar-refractivity contribution >= 4 is 24.8 Å². The molecule has 1 amide bonds. The highest BCUT2D eigenvalue weighted by molar-refractivity contribution is 7.52. The number of aromatic nitrogens is 1. The Hall–Kier alpha value is -2.80. The predicted molar refractivity (Wildman–Crippen MR) is 132 cm³/mol. The molecule has 0 spiro atoms. The molecular weight excluding hydrogens is 458 g/mol. The maximum atomic E-state index is 13.0. The van der Waals surface area contributed by atoms with Gasteiger partial charge < -0.3 is 19.1 Å². The van der Waals surface area contributed by atoms with Crippen LogP contribution in [0.1, 0.15) is 43.2 Å². The maximum absolute atomic E-state index is 13.0. The molecule has 0 atom stereocenters. The van der Waals surface area contributed by atoms with E-state index in [1.54, 1.807) is 39.2 Å². The molecule has 1 aromatic carbocycles. The molecule has 0 saturated carbocycles. The summed E-state index contributed by atoms with van der Waals surface area (Å²) in [6, 6.07) is 8.30. The van der Waals surface area contributed by atoms with Crippen LogP contribution in [0.3, 0.4) is 0 Å². The van der Waals surface area contributed by atoms with Crippen LogP contribution in [0.15, 0.2) is 48.7 Å². The number of hydrogen-bond donors (Lipinski definition) is 1. The second-order valence-electron chi connectivity index (χ2n) is 7.79. The van der Waals surface area contributed by atoms with Gasteiger partial charge in [0, 0.05) is 38.1 Å². The number of allylic oxidation sites excluding steroid dienone is 1. The second-order valence-corrected chi connectivity index (χ2v) is 9.84. The highest BCUT2D eigenvalue weighted by Crippen LogP contribution is 2.43. The van der Waals surface area contributed by atoms with Gasteiger partial charge in [0.1, 0.15) is 17.3 Å². The van der Waals surface area contributed by atoms with Crippen molar-refractivity contribution in [1.29, 1.82) is 0 Å². The Morgan fingerprint density at radius 2 is 1.76 bits per heavy atom. The molecule has 3 rings (SSSR count). The van der Waals surface area contributed by atoms with Crippen molar-refractivity contribution in [3.05, 3.63) is 76.9 Å². The molecule has 34 heavy (non-hydrogen) atoms. The van der Waals surface area contributed by atoms with Crippen LogP contribution >= 0.6 is 7.60 Å². The molecule has 1 aromatic heterocycles. The van der Waals surface area contributed by atoms with E-state index >= 15 is 0 Å². The lowest BCUT2D eigenvalue weighted by Gasteiger charge is -2.12. The molecule has 7 nitrogen and oxygen atoms in total. The van der Waals surface area contributed by atoms with Crippen molar-refractivity contribution in [1.82, 2.24) is 9.88 Å². The molecule has 0 aliphatic carbocycles. The van der Waals surface area contributed by atoms with Crippen LogP contribution in [0.5, 0.6) is 0 Å². The van der Waals surface area contributed by atoms with E-state index in [0.29, 0.717) is 31.9 Å². The number of hydrogen-bond acceptors (Lipinski definition) is 6. The number of nitrogens with zero attached hydrogens (tertiary/aromatic N) is 2. The fourth-order valence-corrected chi connectivity index (χ4v) is 4.24. The predicted octanol–water partition coefficient (Wildman–Crippen LogP) is 5.47. The Morgan fingerprint density at radius 3 is 2.35 bits per heavy atom. The smallest absolute Gasteiger partial charge is 0.327 e. The Balaban J connectivity index is 0.000000387. The maximum Gasteiger partial charge on any atom is 0.327 e. The Morgan fingerprint density at radius 1 is 1.15 bits per heavy atom. The minimum atomic E-state index is -2.69. The van der Waals surface area contributed by atoms with Gasteiger partial charge in [0.15, 0.2) is 0 Å². The van der Waals surface area contributed by atoms with Gasteiger partial charge in [0.2, 0.25) is 5.91 Å². The van der Waals surface area contributed by atoms with Crippen LogP contribution in [0.25, 0.3) is 11.3 Å². The lowest BCUT2D eigenvalue weighted by atomic mass is 9.99. The van der Waals surface area contributed by atoms with Gasteiger partial charge in [-0.05, 0) is 62.1 Å². The van der Waals surface area contributed by atoms with E-state index in [0.717, 1.165) is 22.3 Å². The quantitative estimate of drug-likeness (QED) is 0.541. The van der Waals surface area contributed by atoms with Gasteiger partial charge >= 0.3 is 7.60 Å². The molecule has 2 aromatic rings. The van der Waals surface area contributed by atoms with Crippen molar-refractivity contribution in [3.63, 3.8) is 0 Å². The Labute approximate surface area is 200 Å². The van der Waals surface area contributed by atoms with Gasteiger partial charge in [0.05, 0.1) is 13.2 Å². The third kappa shape index (κ3) is 8.20. The zero-order valence-corrected chi connectivity index (χ0v) is 21.1. The highest BCUT2D eigenvalue weighted by Gasteiger charge is 2.17. The lowest BCUT2D eigenvalue weighted by Crippen LogP contribution is -2.24. The fourth-order valence-electron chi connectivity index (χ4n) is 3.22. The third-order valence-corrected chi connectivity index (χ3v) is 6.42. The zero-order valence-electron chi connectivity index (χ0n) is 20.2. The van der Waals surface area contributed by atoms with E-state index in [-0.39, 0.29) is 17.5 Å². The summed E-state index contributed by atoms with van der Waals surface area (Å²) < 4.78 is 33.6. The fraction of sp³-hybridized carbons (Fsp3) is 0.360. The number of benzene rings is 1. The first-order valence-electron chi connectivity index (χ1n) is 11.0. The normalized spacial score (nSPS) is 17.1. The number of rotatable bonds is 6. The van der Waals surface area contributed by atoms with E-state index in [1.807, 2.05) is 19.1 Å². The van der Waals surface area contributed by atoms with Crippen LogP contribution in [-0.4, -0.2) is 54.4 Å². The molecule has 0 saturated heterocycles. The first-order valence-corrected chi connectivity index (χ1v) is 13.0. The molecule has 0 fully saturated rings. The number of pyridine rings is 1. The standard InChI is InChI=1S/C20H19FN2O2.C5H13O3P/c1-13-7-8-23(2)19(25)11-18(24)20-17(13)10-15(12-22-20)9-14-3-5-16(21)6-4-14;1-4-7-9(3,6)8-5-2/h3-7,10-12,24H,8-9H2,1-2H3;4-5H2,1-3H3/b13-7+,18-11-;. The van der Waals surface area contributed by atoms with Crippen LogP contribution in [0.2, 0.25) is 0 Å². The third-order valence-electron chi connectivity index (χ3n) is 4.97. The van der Waals surface area contributed by atoms with Gasteiger partial charge in [-0.25, -0.2) is 4.39 Å². The summed E-state index contributed by atoms with van der Waals surface area (Å²) in [5, 5.41) is 10.3. The second kappa shape index (κ2) is 12.6. The Kier molecular flexibility index (Phi) is 10.2.